The SMILES string of the molecule is C1=C[CH]([Zr+2][CH]2C=Cc3ccccc32)c2ccccc21.[CH3][Ge][CH3].[Cl-].[Cl-]. The molecule has 0 bridgehead atoms. The number of halogens is 2. The topological polar surface area (TPSA) is 0 Å². The zero-order valence-corrected chi connectivity index (χ0v) is 19.9. The molecule has 2 aromatic carbocycles. The number of allylic oxidation sites excluding steroid dienone is 2. The van der Waals surface area contributed by atoms with E-state index in [0.717, 1.165) is 7.25 Å². The van der Waals surface area contributed by atoms with Crippen LogP contribution in [0.15, 0.2) is 60.7 Å². The molecule has 4 rings (SSSR count). The van der Waals surface area contributed by atoms with Crippen molar-refractivity contribution in [3.8, 4) is 0 Å². The fraction of sp³-hybridized carbons (Fsp3) is 0.200. The molecule has 0 heterocycles. The molecule has 122 valence electrons. The smallest absolute Gasteiger partial charge is 1.00 e. The third-order valence-electron chi connectivity index (χ3n) is 3.96. The van der Waals surface area contributed by atoms with Gasteiger partial charge in [-0.1, -0.05) is 0 Å². The minimum absolute atomic E-state index is 0. The van der Waals surface area contributed by atoms with Gasteiger partial charge in [0, 0.05) is 0 Å². The summed E-state index contributed by atoms with van der Waals surface area (Å²) in [4.78, 5) is 0. The van der Waals surface area contributed by atoms with Crippen LogP contribution in [0.2, 0.25) is 11.5 Å². The summed E-state index contributed by atoms with van der Waals surface area (Å²) < 4.78 is 1.47. The predicted octanol–water partition coefficient (Wildman–Crippen LogP) is -0.600. The number of hydrogen-bond donors (Lipinski definition) is 0. The van der Waals surface area contributed by atoms with Crippen LogP contribution in [0.4, 0.5) is 0 Å². The zero-order valence-electron chi connectivity index (χ0n) is 13.8. The van der Waals surface area contributed by atoms with Gasteiger partial charge in [0.05, 0.1) is 0 Å². The number of benzene rings is 2. The first-order valence-electron chi connectivity index (χ1n) is 7.72. The molecule has 0 aromatic heterocycles. The van der Waals surface area contributed by atoms with Crippen molar-refractivity contribution < 1.29 is 48.0 Å². The van der Waals surface area contributed by atoms with Gasteiger partial charge in [-0.25, -0.2) is 0 Å². The fourth-order valence-corrected chi connectivity index (χ4v) is 7.13. The Hall–Kier alpha value is -0.0740. The van der Waals surface area contributed by atoms with Crippen LogP contribution in [0.5, 0.6) is 0 Å². The first kappa shape index (κ1) is 22.0. The molecular weight excluding hydrogens is 475 g/mol. The van der Waals surface area contributed by atoms with Gasteiger partial charge in [-0.05, 0) is 0 Å². The van der Waals surface area contributed by atoms with Gasteiger partial charge >= 0.3 is 153 Å². The van der Waals surface area contributed by atoms with Crippen molar-refractivity contribution in [1.29, 1.82) is 0 Å². The summed E-state index contributed by atoms with van der Waals surface area (Å²) in [6.07, 6.45) is 9.49. The van der Waals surface area contributed by atoms with Crippen molar-refractivity contribution >= 4 is 27.6 Å². The van der Waals surface area contributed by atoms with E-state index in [0.29, 0.717) is 15.4 Å². The Bertz CT molecular complexity index is 653. The average molecular weight is 495 g/mol. The van der Waals surface area contributed by atoms with E-state index in [1.165, 1.54) is 11.1 Å². The summed E-state index contributed by atoms with van der Waals surface area (Å²) in [6, 6.07) is 17.7. The number of rotatable bonds is 2. The van der Waals surface area contributed by atoms with Gasteiger partial charge in [-0.3, -0.25) is 0 Å². The van der Waals surface area contributed by atoms with Crippen LogP contribution in [-0.2, 0) is 23.2 Å². The molecule has 0 N–H and O–H groups in total. The maximum absolute atomic E-state index is 2.44. The van der Waals surface area contributed by atoms with Gasteiger partial charge < -0.3 is 24.8 Å². The second-order valence-electron chi connectivity index (χ2n) is 5.60. The zero-order chi connectivity index (χ0) is 15.4. The Morgan fingerprint density at radius 3 is 1.50 bits per heavy atom. The van der Waals surface area contributed by atoms with Crippen LogP contribution < -0.4 is 24.8 Å². The summed E-state index contributed by atoms with van der Waals surface area (Å²) in [7, 11) is 0. The van der Waals surface area contributed by atoms with Crippen LogP contribution in [0, 0.1) is 0 Å². The van der Waals surface area contributed by atoms with E-state index in [-0.39, 0.29) is 24.8 Å². The van der Waals surface area contributed by atoms with E-state index in [4.69, 9.17) is 0 Å². The number of fused-ring (bicyclic) bond motifs is 2. The first-order valence-corrected chi connectivity index (χ1v) is 14.8. The largest absolute Gasteiger partial charge is 1.00 e. The molecule has 0 saturated carbocycles. The summed E-state index contributed by atoms with van der Waals surface area (Å²) >= 11 is -0.0422. The fourth-order valence-electron chi connectivity index (χ4n) is 2.98. The molecule has 2 aliphatic carbocycles. The molecule has 24 heavy (non-hydrogen) atoms. The van der Waals surface area contributed by atoms with Gasteiger partial charge in [0.2, 0.25) is 0 Å². The van der Waals surface area contributed by atoms with Crippen LogP contribution >= 0.6 is 0 Å². The molecule has 2 aliphatic rings. The molecule has 0 nitrogen and oxygen atoms in total. The first-order chi connectivity index (χ1) is 10.8. The maximum Gasteiger partial charge on any atom is -1.00 e. The van der Waals surface area contributed by atoms with Crippen LogP contribution in [0.1, 0.15) is 29.5 Å². The van der Waals surface area contributed by atoms with E-state index < -0.39 is 23.2 Å². The molecule has 4 heteroatoms. The van der Waals surface area contributed by atoms with Gasteiger partial charge in [0.25, 0.3) is 0 Å². The molecule has 0 saturated heterocycles. The molecule has 0 amide bonds. The van der Waals surface area contributed by atoms with Gasteiger partial charge in [-0.2, -0.15) is 0 Å². The maximum atomic E-state index is 2.44. The van der Waals surface area contributed by atoms with Crippen molar-refractivity contribution in [1.82, 2.24) is 0 Å². The minimum atomic E-state index is -0.542. The Balaban J connectivity index is 0.000000539. The monoisotopic (exact) mass is 494 g/mol. The van der Waals surface area contributed by atoms with Crippen LogP contribution in [-0.4, -0.2) is 15.4 Å². The van der Waals surface area contributed by atoms with Crippen molar-refractivity contribution in [2.24, 2.45) is 0 Å². The van der Waals surface area contributed by atoms with Crippen molar-refractivity contribution in [2.45, 2.75) is 18.8 Å². The summed E-state index contributed by atoms with van der Waals surface area (Å²) in [5.41, 5.74) is 5.99. The molecule has 2 atom stereocenters. The van der Waals surface area contributed by atoms with E-state index in [1.54, 1.807) is 11.1 Å². The standard InChI is InChI=1S/2C9H7.C2H6Ge.2ClH.Zr/c2*1-2-5-9-7-3-6-8(9)4-1;1-3-2;;;/h2*1-7H;1-2H3;2*1H;/q;;;;;+2/p-2. The predicted molar refractivity (Wildman–Crippen MR) is 93.9 cm³/mol. The quantitative estimate of drug-likeness (QED) is 0.489. The van der Waals surface area contributed by atoms with Crippen molar-refractivity contribution in [3.05, 3.63) is 82.9 Å². The average Bonchev–Trinajstić information content (AvgIpc) is 3.14. The second-order valence-corrected chi connectivity index (χ2v) is 11.6. The normalized spacial score (nSPS) is 18.2. The molecule has 2 radical (unpaired) electrons. The third kappa shape index (κ3) is 4.98. The molecule has 2 aromatic rings. The van der Waals surface area contributed by atoms with Gasteiger partial charge in [0.15, 0.2) is 0 Å². The number of hydrogen-bond acceptors (Lipinski definition) is 0. The van der Waals surface area contributed by atoms with E-state index in [2.05, 4.69) is 84.3 Å². The van der Waals surface area contributed by atoms with Gasteiger partial charge in [0.1, 0.15) is 0 Å². The van der Waals surface area contributed by atoms with Crippen molar-refractivity contribution in [3.63, 3.8) is 0 Å². The van der Waals surface area contributed by atoms with Gasteiger partial charge in [-0.15, -0.1) is 0 Å². The molecule has 0 aliphatic heterocycles. The second kappa shape index (κ2) is 10.8. The summed E-state index contributed by atoms with van der Waals surface area (Å²) in [5, 5.41) is 0. The molecule has 0 spiro atoms. The minimum Gasteiger partial charge on any atom is -1.00 e. The van der Waals surface area contributed by atoms with Crippen molar-refractivity contribution in [2.75, 3.05) is 0 Å². The van der Waals surface area contributed by atoms with E-state index >= 15 is 0 Å². The Kier molecular flexibility index (Phi) is 9.90. The Labute approximate surface area is 176 Å². The Morgan fingerprint density at radius 2 is 1.08 bits per heavy atom. The summed E-state index contributed by atoms with van der Waals surface area (Å²) in [6.45, 7) is 0. The third-order valence-corrected chi connectivity index (χ3v) is 8.20. The Morgan fingerprint density at radius 1 is 0.708 bits per heavy atom. The summed E-state index contributed by atoms with van der Waals surface area (Å²) in [5.74, 6) is 4.50. The molecule has 0 fully saturated rings. The van der Waals surface area contributed by atoms with Crippen LogP contribution in [0.25, 0.3) is 12.2 Å². The van der Waals surface area contributed by atoms with E-state index in [1.807, 2.05) is 0 Å². The molecular formula is C20H20Cl2GeZr. The molecule has 2 unspecified atom stereocenters. The van der Waals surface area contributed by atoms with Crippen LogP contribution in [0.3, 0.4) is 0 Å². The van der Waals surface area contributed by atoms with E-state index in [9.17, 15) is 0 Å².